The summed E-state index contributed by atoms with van der Waals surface area (Å²) in [5.74, 6) is 0.431. The molecule has 2 rings (SSSR count). The number of rotatable bonds is 4. The summed E-state index contributed by atoms with van der Waals surface area (Å²) in [6.45, 7) is 1.87. The van der Waals surface area contributed by atoms with Gasteiger partial charge >= 0.3 is 0 Å². The molecule has 0 amide bonds. The maximum atomic E-state index is 13.0. The van der Waals surface area contributed by atoms with E-state index in [4.69, 9.17) is 16.3 Å². The highest BCUT2D eigenvalue weighted by atomic mass is 35.5. The molecule has 1 atom stereocenters. The number of hydrogen-bond donors (Lipinski definition) is 1. The Kier molecular flexibility index (Phi) is 4.35. The fourth-order valence-corrected chi connectivity index (χ4v) is 1.71. The van der Waals surface area contributed by atoms with E-state index in [2.05, 4.69) is 4.98 Å². The molecule has 2 aromatic rings. The van der Waals surface area contributed by atoms with Gasteiger partial charge in [0.1, 0.15) is 17.3 Å². The number of nitrogens with zero attached hydrogens (tertiary/aromatic N) is 1. The summed E-state index contributed by atoms with van der Waals surface area (Å²) in [4.78, 5) is 4.10. The minimum Gasteiger partial charge on any atom is -0.456 e. The van der Waals surface area contributed by atoms with Gasteiger partial charge in [0.05, 0.1) is 23.0 Å². The molecule has 0 aliphatic heterocycles. The first-order chi connectivity index (χ1) is 9.10. The van der Waals surface area contributed by atoms with Gasteiger partial charge in [-0.2, -0.15) is 0 Å². The molecule has 0 aliphatic carbocycles. The predicted molar refractivity (Wildman–Crippen MR) is 71.0 cm³/mol. The van der Waals surface area contributed by atoms with Gasteiger partial charge in [-0.15, -0.1) is 0 Å². The largest absolute Gasteiger partial charge is 0.456 e. The van der Waals surface area contributed by atoms with Crippen LogP contribution in [0.15, 0.2) is 36.5 Å². The van der Waals surface area contributed by atoms with E-state index in [1.165, 1.54) is 24.4 Å². The van der Waals surface area contributed by atoms with E-state index in [1.807, 2.05) is 6.92 Å². The van der Waals surface area contributed by atoms with Crippen LogP contribution in [0.2, 0.25) is 5.02 Å². The number of ether oxygens (including phenoxy) is 1. The van der Waals surface area contributed by atoms with E-state index in [9.17, 15) is 9.50 Å². The summed E-state index contributed by atoms with van der Waals surface area (Å²) in [6, 6.07) is 7.50. The van der Waals surface area contributed by atoms with E-state index in [-0.39, 0.29) is 5.02 Å². The Morgan fingerprint density at radius 2 is 2.05 bits per heavy atom. The van der Waals surface area contributed by atoms with Crippen molar-refractivity contribution in [3.63, 3.8) is 0 Å². The summed E-state index contributed by atoms with van der Waals surface area (Å²) >= 11 is 5.66. The van der Waals surface area contributed by atoms with E-state index in [1.54, 1.807) is 12.1 Å². The lowest BCUT2D eigenvalue weighted by atomic mass is 10.2. The van der Waals surface area contributed by atoms with Gasteiger partial charge in [0.2, 0.25) is 0 Å². The molecule has 1 N–H and O–H groups in total. The number of aliphatic hydroxyl groups excluding tert-OH is 1. The Bertz CT molecular complexity index is 560. The number of halogens is 2. The standard InChI is InChI=1S/C14H13ClFNO2/c1-2-14(18)13-6-4-10(8-17-13)19-9-3-5-12(16)11(15)7-9/h3-8,14,18H,2H2,1H3/t14-/m0/s1. The smallest absolute Gasteiger partial charge is 0.145 e. The van der Waals surface area contributed by atoms with Crippen molar-refractivity contribution in [3.05, 3.63) is 53.1 Å². The number of aromatic nitrogens is 1. The van der Waals surface area contributed by atoms with Crippen LogP contribution in [-0.2, 0) is 0 Å². The van der Waals surface area contributed by atoms with Crippen LogP contribution in [0.4, 0.5) is 4.39 Å². The van der Waals surface area contributed by atoms with E-state index >= 15 is 0 Å². The third-order valence-electron chi connectivity index (χ3n) is 2.61. The average molecular weight is 282 g/mol. The zero-order chi connectivity index (χ0) is 13.8. The number of aliphatic hydroxyl groups is 1. The number of benzene rings is 1. The first-order valence-corrected chi connectivity index (χ1v) is 6.25. The molecule has 0 fully saturated rings. The van der Waals surface area contributed by atoms with Gasteiger partial charge in [0.15, 0.2) is 0 Å². The summed E-state index contributed by atoms with van der Waals surface area (Å²) in [5.41, 5.74) is 0.590. The van der Waals surface area contributed by atoms with Crippen LogP contribution in [0, 0.1) is 5.82 Å². The lowest BCUT2D eigenvalue weighted by molar-refractivity contribution is 0.169. The number of hydrogen-bond acceptors (Lipinski definition) is 3. The Labute approximate surface area is 115 Å². The van der Waals surface area contributed by atoms with Gasteiger partial charge in [0, 0.05) is 6.07 Å². The maximum Gasteiger partial charge on any atom is 0.145 e. The Morgan fingerprint density at radius 1 is 1.32 bits per heavy atom. The highest BCUT2D eigenvalue weighted by molar-refractivity contribution is 6.30. The SMILES string of the molecule is CC[C@H](O)c1ccc(Oc2ccc(F)c(Cl)c2)cn1. The molecule has 1 heterocycles. The van der Waals surface area contributed by atoms with Crippen molar-refractivity contribution >= 4 is 11.6 Å². The molecule has 0 aliphatic rings. The van der Waals surface area contributed by atoms with Crippen LogP contribution in [0.5, 0.6) is 11.5 Å². The Morgan fingerprint density at radius 3 is 2.63 bits per heavy atom. The highest BCUT2D eigenvalue weighted by Gasteiger charge is 2.07. The third kappa shape index (κ3) is 3.43. The number of pyridine rings is 1. The van der Waals surface area contributed by atoms with Crippen LogP contribution >= 0.6 is 11.6 Å². The minimum absolute atomic E-state index is 0.00323. The predicted octanol–water partition coefficient (Wildman–Crippen LogP) is 4.11. The molecule has 0 spiro atoms. The first-order valence-electron chi connectivity index (χ1n) is 5.87. The van der Waals surface area contributed by atoms with Crippen molar-refractivity contribution in [1.82, 2.24) is 4.98 Å². The van der Waals surface area contributed by atoms with Crippen LogP contribution < -0.4 is 4.74 Å². The molecule has 0 bridgehead atoms. The van der Waals surface area contributed by atoms with Crippen molar-refractivity contribution in [2.24, 2.45) is 0 Å². The van der Waals surface area contributed by atoms with Gasteiger partial charge in [-0.3, -0.25) is 4.98 Å². The van der Waals surface area contributed by atoms with Gasteiger partial charge in [-0.25, -0.2) is 4.39 Å². The quantitative estimate of drug-likeness (QED) is 0.917. The van der Waals surface area contributed by atoms with Crippen LogP contribution in [0.25, 0.3) is 0 Å². The van der Waals surface area contributed by atoms with E-state index in [0.717, 1.165) is 0 Å². The third-order valence-corrected chi connectivity index (χ3v) is 2.90. The molecule has 3 nitrogen and oxygen atoms in total. The van der Waals surface area contributed by atoms with Crippen LogP contribution in [-0.4, -0.2) is 10.1 Å². The lowest BCUT2D eigenvalue weighted by Gasteiger charge is -2.09. The van der Waals surface area contributed by atoms with Gasteiger partial charge in [0.25, 0.3) is 0 Å². The van der Waals surface area contributed by atoms with Crippen molar-refractivity contribution < 1.29 is 14.2 Å². The Balaban J connectivity index is 2.12. The maximum absolute atomic E-state index is 13.0. The second-order valence-corrected chi connectivity index (χ2v) is 4.43. The van der Waals surface area contributed by atoms with E-state index < -0.39 is 11.9 Å². The van der Waals surface area contributed by atoms with Crippen LogP contribution in [0.3, 0.4) is 0 Å². The second-order valence-electron chi connectivity index (χ2n) is 4.02. The fourth-order valence-electron chi connectivity index (χ4n) is 1.53. The molecule has 1 aromatic carbocycles. The average Bonchev–Trinajstić information content (AvgIpc) is 2.43. The minimum atomic E-state index is -0.575. The Hall–Kier alpha value is -1.65. The second kappa shape index (κ2) is 5.99. The summed E-state index contributed by atoms with van der Waals surface area (Å²) < 4.78 is 18.5. The molecule has 19 heavy (non-hydrogen) atoms. The molecule has 0 saturated heterocycles. The zero-order valence-electron chi connectivity index (χ0n) is 10.3. The van der Waals surface area contributed by atoms with Gasteiger partial charge < -0.3 is 9.84 Å². The molecular weight excluding hydrogens is 269 g/mol. The van der Waals surface area contributed by atoms with Crippen molar-refractivity contribution in [2.45, 2.75) is 19.4 Å². The topological polar surface area (TPSA) is 42.4 Å². The van der Waals surface area contributed by atoms with Gasteiger partial charge in [-0.05, 0) is 30.7 Å². The zero-order valence-corrected chi connectivity index (χ0v) is 11.1. The molecule has 0 unspecified atom stereocenters. The fraction of sp³-hybridized carbons (Fsp3) is 0.214. The summed E-state index contributed by atoms with van der Waals surface area (Å²) in [7, 11) is 0. The molecular formula is C14H13ClFNO2. The molecule has 5 heteroatoms. The van der Waals surface area contributed by atoms with Gasteiger partial charge in [-0.1, -0.05) is 18.5 Å². The molecule has 1 aromatic heterocycles. The van der Waals surface area contributed by atoms with Crippen molar-refractivity contribution in [3.8, 4) is 11.5 Å². The van der Waals surface area contributed by atoms with E-state index in [0.29, 0.717) is 23.6 Å². The summed E-state index contributed by atoms with van der Waals surface area (Å²) in [5, 5.41) is 9.62. The summed E-state index contributed by atoms with van der Waals surface area (Å²) in [6.07, 6.45) is 1.53. The molecule has 100 valence electrons. The monoisotopic (exact) mass is 281 g/mol. The molecule has 0 saturated carbocycles. The first kappa shape index (κ1) is 13.8. The molecule has 0 radical (unpaired) electrons. The van der Waals surface area contributed by atoms with Crippen molar-refractivity contribution in [1.29, 1.82) is 0 Å². The highest BCUT2D eigenvalue weighted by Crippen LogP contribution is 2.26. The normalized spacial score (nSPS) is 12.2. The van der Waals surface area contributed by atoms with Crippen LogP contribution in [0.1, 0.15) is 25.1 Å². The lowest BCUT2D eigenvalue weighted by Crippen LogP contribution is -1.98. The van der Waals surface area contributed by atoms with Crippen molar-refractivity contribution in [2.75, 3.05) is 0 Å².